The van der Waals surface area contributed by atoms with E-state index in [2.05, 4.69) is 15.6 Å². The molecule has 5 N–H and O–H groups in total. The summed E-state index contributed by atoms with van der Waals surface area (Å²) in [6, 6.07) is 5.92. The summed E-state index contributed by atoms with van der Waals surface area (Å²) < 4.78 is 5.28. The standard InChI is InChI=1S/C28H41N5O5S/c1-17(19-6-8-20(9-7-19)24-18(2)30-16-39-24)31-26(36)22-14-21(34)15-33(22)27(37)25(28(3,4)5)32-23(35)10-12-38-13-11-29/h6-9,16-17,21-22,25,34H,10-15,29H2,1-5H3,(H,31,36)(H,32,35)/t17-,21+,22-,25+/m0/s1. The number of ether oxygens (including phenoxy) is 1. The van der Waals surface area contributed by atoms with E-state index in [-0.39, 0.29) is 43.8 Å². The molecule has 0 saturated carbocycles. The number of carbonyl (C=O) groups excluding carboxylic acids is 3. The number of likely N-dealkylation sites (tertiary alicyclic amines) is 1. The third-order valence-corrected chi connectivity index (χ3v) is 7.77. The van der Waals surface area contributed by atoms with Crippen molar-refractivity contribution in [2.45, 2.75) is 71.7 Å². The Labute approximate surface area is 234 Å². The number of nitrogens with zero attached hydrogens (tertiary/aromatic N) is 2. The highest BCUT2D eigenvalue weighted by Gasteiger charge is 2.44. The van der Waals surface area contributed by atoms with E-state index < -0.39 is 29.5 Å². The van der Waals surface area contributed by atoms with Gasteiger partial charge in [-0.3, -0.25) is 14.4 Å². The van der Waals surface area contributed by atoms with Crippen LogP contribution in [0.2, 0.25) is 0 Å². The summed E-state index contributed by atoms with van der Waals surface area (Å²) in [4.78, 5) is 46.4. The van der Waals surface area contributed by atoms with Crippen LogP contribution in [0.5, 0.6) is 0 Å². The highest BCUT2D eigenvalue weighted by molar-refractivity contribution is 7.13. The lowest BCUT2D eigenvalue weighted by atomic mass is 9.85. The number of nitrogens with one attached hydrogen (secondary N) is 2. The Bertz CT molecular complexity index is 1130. The molecule has 1 aliphatic heterocycles. The number of aliphatic hydroxyl groups is 1. The number of rotatable bonds is 11. The van der Waals surface area contributed by atoms with Gasteiger partial charge in [-0.15, -0.1) is 11.3 Å². The number of nitrogens with two attached hydrogens (primary N) is 1. The number of aliphatic hydroxyl groups excluding tert-OH is 1. The number of benzene rings is 1. The lowest BCUT2D eigenvalue weighted by Crippen LogP contribution is -2.58. The second-order valence-electron chi connectivity index (χ2n) is 11.0. The molecule has 3 amide bonds. The van der Waals surface area contributed by atoms with Crippen molar-refractivity contribution in [3.63, 3.8) is 0 Å². The van der Waals surface area contributed by atoms with Crippen LogP contribution in [-0.4, -0.2) is 77.2 Å². The number of carbonyl (C=O) groups is 3. The minimum absolute atomic E-state index is 0.0241. The molecule has 39 heavy (non-hydrogen) atoms. The highest BCUT2D eigenvalue weighted by atomic mass is 32.1. The van der Waals surface area contributed by atoms with E-state index >= 15 is 0 Å². The van der Waals surface area contributed by atoms with Crippen LogP contribution < -0.4 is 16.4 Å². The maximum atomic E-state index is 13.7. The van der Waals surface area contributed by atoms with Gasteiger partial charge in [-0.05, 0) is 30.4 Å². The summed E-state index contributed by atoms with van der Waals surface area (Å²) in [7, 11) is 0. The molecule has 0 radical (unpaired) electrons. The van der Waals surface area contributed by atoms with Crippen LogP contribution in [-0.2, 0) is 19.1 Å². The second-order valence-corrected chi connectivity index (χ2v) is 11.9. The SMILES string of the molecule is Cc1ncsc1-c1ccc([C@H](C)NC(=O)[C@@H]2C[C@@H](O)CN2C(=O)[C@@H](NC(=O)CCOCCN)C(C)(C)C)cc1. The highest BCUT2D eigenvalue weighted by Crippen LogP contribution is 2.29. The van der Waals surface area contributed by atoms with Crippen LogP contribution >= 0.6 is 11.3 Å². The molecule has 1 aliphatic rings. The molecule has 2 heterocycles. The Balaban J connectivity index is 1.68. The summed E-state index contributed by atoms with van der Waals surface area (Å²) >= 11 is 1.58. The van der Waals surface area contributed by atoms with Crippen molar-refractivity contribution < 1.29 is 24.2 Å². The minimum atomic E-state index is -0.875. The zero-order valence-electron chi connectivity index (χ0n) is 23.4. The first-order valence-electron chi connectivity index (χ1n) is 13.3. The van der Waals surface area contributed by atoms with E-state index in [4.69, 9.17) is 10.5 Å². The molecule has 0 spiro atoms. The van der Waals surface area contributed by atoms with Gasteiger partial charge in [0, 0.05) is 25.9 Å². The molecule has 1 saturated heterocycles. The summed E-state index contributed by atoms with van der Waals surface area (Å²) in [6.45, 7) is 10.3. The number of β-amino-alcohol motifs (C(OH)–C–C–N with tert-alkyl or cyclic N) is 1. The van der Waals surface area contributed by atoms with Gasteiger partial charge in [0.25, 0.3) is 0 Å². The van der Waals surface area contributed by atoms with Crippen LogP contribution in [0.3, 0.4) is 0 Å². The van der Waals surface area contributed by atoms with Crippen molar-refractivity contribution in [1.29, 1.82) is 0 Å². The summed E-state index contributed by atoms with van der Waals surface area (Å²) in [6.07, 6.45) is -0.611. The van der Waals surface area contributed by atoms with E-state index in [1.165, 1.54) is 4.90 Å². The third-order valence-electron chi connectivity index (χ3n) is 6.80. The van der Waals surface area contributed by atoms with Crippen molar-refractivity contribution in [2.75, 3.05) is 26.3 Å². The smallest absolute Gasteiger partial charge is 0.246 e. The number of amides is 3. The predicted octanol–water partition coefficient (Wildman–Crippen LogP) is 2.15. The number of hydrogen-bond donors (Lipinski definition) is 4. The fourth-order valence-electron chi connectivity index (χ4n) is 4.60. The lowest BCUT2D eigenvalue weighted by Gasteiger charge is -2.35. The molecular weight excluding hydrogens is 518 g/mol. The first-order valence-corrected chi connectivity index (χ1v) is 14.2. The molecule has 0 aliphatic carbocycles. The lowest BCUT2D eigenvalue weighted by molar-refractivity contribution is -0.144. The Morgan fingerprint density at radius 2 is 1.90 bits per heavy atom. The number of thiazole rings is 1. The van der Waals surface area contributed by atoms with Crippen LogP contribution in [0.15, 0.2) is 29.8 Å². The Kier molecular flexibility index (Phi) is 10.6. The molecule has 3 rings (SSSR count). The van der Waals surface area contributed by atoms with Gasteiger partial charge in [0.2, 0.25) is 17.7 Å². The number of hydrogen-bond acceptors (Lipinski definition) is 8. The number of aromatic nitrogens is 1. The monoisotopic (exact) mass is 559 g/mol. The molecule has 0 unspecified atom stereocenters. The van der Waals surface area contributed by atoms with Gasteiger partial charge in [0.1, 0.15) is 12.1 Å². The van der Waals surface area contributed by atoms with Crippen molar-refractivity contribution in [1.82, 2.24) is 20.5 Å². The summed E-state index contributed by atoms with van der Waals surface area (Å²) in [5.74, 6) is -1.07. The zero-order chi connectivity index (χ0) is 28.7. The van der Waals surface area contributed by atoms with Gasteiger partial charge in [0.05, 0.1) is 41.4 Å². The quantitative estimate of drug-likeness (QED) is 0.309. The maximum Gasteiger partial charge on any atom is 0.246 e. The third kappa shape index (κ3) is 8.07. The van der Waals surface area contributed by atoms with Crippen molar-refractivity contribution in [3.8, 4) is 10.4 Å². The molecule has 2 aromatic rings. The predicted molar refractivity (Wildman–Crippen MR) is 151 cm³/mol. The molecule has 11 heteroatoms. The van der Waals surface area contributed by atoms with Gasteiger partial charge >= 0.3 is 0 Å². The largest absolute Gasteiger partial charge is 0.391 e. The summed E-state index contributed by atoms with van der Waals surface area (Å²) in [5.41, 5.74) is 9.56. The molecular formula is C28H41N5O5S. The van der Waals surface area contributed by atoms with Gasteiger partial charge in [-0.1, -0.05) is 45.0 Å². The van der Waals surface area contributed by atoms with Crippen molar-refractivity contribution in [3.05, 3.63) is 41.0 Å². The minimum Gasteiger partial charge on any atom is -0.391 e. The van der Waals surface area contributed by atoms with E-state index in [0.29, 0.717) is 13.2 Å². The van der Waals surface area contributed by atoms with Crippen LogP contribution in [0.4, 0.5) is 0 Å². The number of aryl methyl sites for hydroxylation is 1. The molecule has 214 valence electrons. The Morgan fingerprint density at radius 1 is 1.21 bits per heavy atom. The first kappa shape index (κ1) is 30.7. The molecule has 1 aromatic carbocycles. The van der Waals surface area contributed by atoms with Gasteiger partial charge < -0.3 is 31.1 Å². The van der Waals surface area contributed by atoms with Crippen LogP contribution in [0, 0.1) is 12.3 Å². The molecule has 0 bridgehead atoms. The normalized spacial score (nSPS) is 19.0. The van der Waals surface area contributed by atoms with Crippen LogP contribution in [0.1, 0.15) is 57.8 Å². The van der Waals surface area contributed by atoms with Crippen molar-refractivity contribution in [2.24, 2.45) is 11.1 Å². The molecule has 1 fully saturated rings. The topological polar surface area (TPSA) is 147 Å². The Hall–Kier alpha value is -2.86. The van der Waals surface area contributed by atoms with Gasteiger partial charge in [-0.25, -0.2) is 4.98 Å². The average Bonchev–Trinajstić information content (AvgIpc) is 3.49. The summed E-state index contributed by atoms with van der Waals surface area (Å²) in [5, 5.41) is 16.2. The van der Waals surface area contributed by atoms with E-state index in [1.807, 2.05) is 64.4 Å². The van der Waals surface area contributed by atoms with E-state index in [1.54, 1.807) is 11.3 Å². The Morgan fingerprint density at radius 3 is 2.49 bits per heavy atom. The molecule has 1 aromatic heterocycles. The first-order chi connectivity index (χ1) is 18.4. The van der Waals surface area contributed by atoms with Crippen molar-refractivity contribution >= 4 is 29.1 Å². The maximum absolute atomic E-state index is 13.7. The molecule has 10 nitrogen and oxygen atoms in total. The average molecular weight is 560 g/mol. The van der Waals surface area contributed by atoms with Crippen LogP contribution in [0.25, 0.3) is 10.4 Å². The zero-order valence-corrected chi connectivity index (χ0v) is 24.2. The van der Waals surface area contributed by atoms with Gasteiger partial charge in [0.15, 0.2) is 0 Å². The van der Waals surface area contributed by atoms with E-state index in [9.17, 15) is 19.5 Å². The second kappa shape index (κ2) is 13.5. The fraction of sp³-hybridized carbons (Fsp3) is 0.571. The molecule has 4 atom stereocenters. The van der Waals surface area contributed by atoms with Gasteiger partial charge in [-0.2, -0.15) is 0 Å². The van der Waals surface area contributed by atoms with E-state index in [0.717, 1.165) is 21.7 Å². The fourth-order valence-corrected chi connectivity index (χ4v) is 5.41.